The summed E-state index contributed by atoms with van der Waals surface area (Å²) in [4.78, 5) is 61.4. The van der Waals surface area contributed by atoms with E-state index in [-0.39, 0.29) is 41.2 Å². The van der Waals surface area contributed by atoms with E-state index in [1.807, 2.05) is 0 Å². The number of nitrogens with zero attached hydrogens (tertiary/aromatic N) is 5. The van der Waals surface area contributed by atoms with E-state index in [2.05, 4.69) is 31.0 Å². The van der Waals surface area contributed by atoms with Crippen LogP contribution in [0.5, 0.6) is 0 Å². The molecule has 4 aromatic rings. The zero-order valence-corrected chi connectivity index (χ0v) is 22.9. The molecule has 1 saturated carbocycles. The Kier molecular flexibility index (Phi) is 7.17. The third-order valence-electron chi connectivity index (χ3n) is 7.55. The van der Waals surface area contributed by atoms with Gasteiger partial charge in [0.15, 0.2) is 5.69 Å². The maximum atomic E-state index is 13.7. The SMILES string of the molecule is NC(=O)c1nn(CC(=O)N2[C@@H]3CC[C@@H](C3)[C@H]2C(=O)Nc2cccc(Cl)n2)c2ccc(NC(=O)Nc3cccnc3)cc12. The maximum absolute atomic E-state index is 13.7. The smallest absolute Gasteiger partial charge is 0.323 e. The number of nitrogens with two attached hydrogens (primary N) is 1. The quantitative estimate of drug-likeness (QED) is 0.240. The fourth-order valence-electron chi connectivity index (χ4n) is 5.86. The summed E-state index contributed by atoms with van der Waals surface area (Å²) in [5.74, 6) is -1.08. The third-order valence-corrected chi connectivity index (χ3v) is 7.76. The van der Waals surface area contributed by atoms with Crippen LogP contribution in [0, 0.1) is 5.92 Å². The second-order valence-electron chi connectivity index (χ2n) is 10.2. The minimum Gasteiger partial charge on any atom is -0.364 e. The van der Waals surface area contributed by atoms with Crippen LogP contribution in [0.25, 0.3) is 10.9 Å². The zero-order valence-electron chi connectivity index (χ0n) is 22.2. The van der Waals surface area contributed by atoms with Gasteiger partial charge in [-0.2, -0.15) is 5.10 Å². The van der Waals surface area contributed by atoms with Crippen LogP contribution in [-0.4, -0.2) is 60.5 Å². The number of rotatable bonds is 7. The molecule has 3 aromatic heterocycles. The van der Waals surface area contributed by atoms with Crippen molar-refractivity contribution in [2.24, 2.45) is 11.7 Å². The summed E-state index contributed by atoms with van der Waals surface area (Å²) in [6, 6.07) is 11.9. The lowest BCUT2D eigenvalue weighted by Gasteiger charge is -2.34. The Labute approximate surface area is 244 Å². The van der Waals surface area contributed by atoms with E-state index < -0.39 is 18.0 Å². The van der Waals surface area contributed by atoms with Gasteiger partial charge in [-0.1, -0.05) is 17.7 Å². The van der Waals surface area contributed by atoms with Gasteiger partial charge in [0.05, 0.1) is 17.4 Å². The molecule has 42 heavy (non-hydrogen) atoms. The topological polar surface area (TPSA) is 177 Å². The molecule has 3 atom stereocenters. The maximum Gasteiger partial charge on any atom is 0.323 e. The highest BCUT2D eigenvalue weighted by atomic mass is 35.5. The number of pyridine rings is 2. The number of nitrogens with one attached hydrogen (secondary N) is 3. The van der Waals surface area contributed by atoms with Gasteiger partial charge >= 0.3 is 6.03 Å². The Morgan fingerprint density at radius 2 is 1.83 bits per heavy atom. The number of hydrogen-bond acceptors (Lipinski definition) is 7. The number of carbonyl (C=O) groups excluding carboxylic acids is 4. The molecular weight excluding hydrogens is 562 g/mol. The van der Waals surface area contributed by atoms with Crippen molar-refractivity contribution in [3.63, 3.8) is 0 Å². The van der Waals surface area contributed by atoms with Crippen molar-refractivity contribution in [2.45, 2.75) is 37.9 Å². The van der Waals surface area contributed by atoms with Crippen molar-refractivity contribution in [3.05, 3.63) is 71.8 Å². The number of benzene rings is 1. The molecule has 0 spiro atoms. The Morgan fingerprint density at radius 3 is 2.60 bits per heavy atom. The average Bonchev–Trinajstić information content (AvgIpc) is 3.67. The lowest BCUT2D eigenvalue weighted by atomic mass is 9.97. The van der Waals surface area contributed by atoms with Crippen molar-refractivity contribution in [2.75, 3.05) is 16.0 Å². The number of amides is 5. The van der Waals surface area contributed by atoms with E-state index in [4.69, 9.17) is 17.3 Å². The molecule has 2 bridgehead atoms. The molecule has 1 aliphatic carbocycles. The number of likely N-dealkylation sites (tertiary alicyclic amines) is 1. The van der Waals surface area contributed by atoms with Gasteiger partial charge in [0.2, 0.25) is 11.8 Å². The third kappa shape index (κ3) is 5.33. The normalized spacial score (nSPS) is 19.1. The van der Waals surface area contributed by atoms with E-state index in [1.54, 1.807) is 59.6 Å². The lowest BCUT2D eigenvalue weighted by Crippen LogP contribution is -2.52. The minimum absolute atomic E-state index is 0.0279. The van der Waals surface area contributed by atoms with Crippen molar-refractivity contribution in [3.8, 4) is 0 Å². The van der Waals surface area contributed by atoms with Crippen molar-refractivity contribution in [1.82, 2.24) is 24.6 Å². The number of piperidine rings is 1. The van der Waals surface area contributed by atoms with E-state index >= 15 is 0 Å². The Morgan fingerprint density at radius 1 is 1.00 bits per heavy atom. The van der Waals surface area contributed by atoms with Crippen molar-refractivity contribution < 1.29 is 19.2 Å². The van der Waals surface area contributed by atoms with Gasteiger partial charge in [0, 0.05) is 23.3 Å². The second kappa shape index (κ2) is 11.1. The Hall–Kier alpha value is -5.04. The number of urea groups is 1. The number of aromatic nitrogens is 4. The number of primary amides is 1. The van der Waals surface area contributed by atoms with Crippen LogP contribution in [0.2, 0.25) is 5.15 Å². The van der Waals surface area contributed by atoms with Crippen LogP contribution in [0.3, 0.4) is 0 Å². The zero-order chi connectivity index (χ0) is 29.4. The van der Waals surface area contributed by atoms with Gasteiger partial charge < -0.3 is 26.6 Å². The first-order valence-electron chi connectivity index (χ1n) is 13.3. The molecule has 2 aliphatic rings. The number of fused-ring (bicyclic) bond motifs is 3. The fraction of sp³-hybridized carbons (Fsp3) is 0.250. The number of anilines is 3. The molecule has 13 nitrogen and oxygen atoms in total. The van der Waals surface area contributed by atoms with Crippen LogP contribution >= 0.6 is 11.6 Å². The molecule has 2 fully saturated rings. The summed E-state index contributed by atoms with van der Waals surface area (Å²) < 4.78 is 1.40. The van der Waals surface area contributed by atoms with Gasteiger partial charge in [0.1, 0.15) is 23.6 Å². The average molecular weight is 588 g/mol. The van der Waals surface area contributed by atoms with Gasteiger partial charge in [-0.05, 0) is 67.6 Å². The first-order valence-corrected chi connectivity index (χ1v) is 13.7. The largest absolute Gasteiger partial charge is 0.364 e. The van der Waals surface area contributed by atoms with Crippen LogP contribution in [0.4, 0.5) is 22.0 Å². The van der Waals surface area contributed by atoms with Gasteiger partial charge in [-0.3, -0.25) is 24.0 Å². The second-order valence-corrected chi connectivity index (χ2v) is 10.6. The summed E-state index contributed by atoms with van der Waals surface area (Å²) >= 11 is 5.96. The molecule has 6 rings (SSSR count). The molecule has 4 heterocycles. The van der Waals surface area contributed by atoms with Crippen LogP contribution in [-0.2, 0) is 16.1 Å². The Bertz CT molecular complexity index is 1710. The highest BCUT2D eigenvalue weighted by Gasteiger charge is 2.51. The monoisotopic (exact) mass is 587 g/mol. The molecule has 5 N–H and O–H groups in total. The van der Waals surface area contributed by atoms with E-state index in [0.717, 1.165) is 19.3 Å². The number of hydrogen-bond donors (Lipinski definition) is 4. The minimum atomic E-state index is -0.783. The van der Waals surface area contributed by atoms with Crippen LogP contribution in [0.15, 0.2) is 60.9 Å². The highest BCUT2D eigenvalue weighted by Crippen LogP contribution is 2.43. The van der Waals surface area contributed by atoms with Gasteiger partial charge in [-0.25, -0.2) is 9.78 Å². The lowest BCUT2D eigenvalue weighted by molar-refractivity contribution is -0.141. The molecular formula is C28H26ClN9O4. The number of carbonyl (C=O) groups is 4. The van der Waals surface area contributed by atoms with Crippen molar-refractivity contribution in [1.29, 1.82) is 0 Å². The standard InChI is InChI=1S/C28H26ClN9O4/c29-21-4-1-5-22(34-21)35-27(41)25-15-6-8-18(11-15)38(25)23(39)14-37-20-9-7-16(12-19(20)24(36-37)26(30)40)32-28(42)33-17-3-2-10-31-13-17/h1-5,7,9-10,12-13,15,18,25H,6,8,11,14H2,(H2,30,40)(H2,32,33,42)(H,34,35,41)/t15-,18+,25-/m0/s1. The van der Waals surface area contributed by atoms with Crippen molar-refractivity contribution >= 4 is 63.4 Å². The molecule has 1 aromatic carbocycles. The summed E-state index contributed by atoms with van der Waals surface area (Å²) in [6.07, 6.45) is 5.47. The molecule has 5 amide bonds. The van der Waals surface area contributed by atoms with Crippen LogP contribution in [0.1, 0.15) is 29.8 Å². The van der Waals surface area contributed by atoms with Crippen LogP contribution < -0.4 is 21.7 Å². The van der Waals surface area contributed by atoms with E-state index in [0.29, 0.717) is 28.1 Å². The summed E-state index contributed by atoms with van der Waals surface area (Å²) in [5.41, 5.74) is 6.94. The Balaban J connectivity index is 1.22. The van der Waals surface area contributed by atoms with Gasteiger partial charge in [0.25, 0.3) is 5.91 Å². The van der Waals surface area contributed by atoms with E-state index in [9.17, 15) is 19.2 Å². The molecule has 14 heteroatoms. The molecule has 1 aliphatic heterocycles. The predicted molar refractivity (Wildman–Crippen MR) is 155 cm³/mol. The first kappa shape index (κ1) is 27.1. The highest BCUT2D eigenvalue weighted by molar-refractivity contribution is 6.29. The molecule has 0 radical (unpaired) electrons. The number of halogens is 1. The molecule has 214 valence electrons. The summed E-state index contributed by atoms with van der Waals surface area (Å²) in [7, 11) is 0. The molecule has 0 unspecified atom stereocenters. The summed E-state index contributed by atoms with van der Waals surface area (Å²) in [6.45, 7) is -0.208. The molecule has 1 saturated heterocycles. The first-order chi connectivity index (χ1) is 20.3. The van der Waals surface area contributed by atoms with E-state index in [1.165, 1.54) is 10.9 Å². The predicted octanol–water partition coefficient (Wildman–Crippen LogP) is 3.24. The van der Waals surface area contributed by atoms with Gasteiger partial charge in [-0.15, -0.1) is 0 Å². The fourth-order valence-corrected chi connectivity index (χ4v) is 6.03. The summed E-state index contributed by atoms with van der Waals surface area (Å²) in [5, 5.41) is 13.1.